The van der Waals surface area contributed by atoms with Gasteiger partial charge in [0.1, 0.15) is 0 Å². The van der Waals surface area contributed by atoms with Gasteiger partial charge in [-0.05, 0) is 25.0 Å². The summed E-state index contributed by atoms with van der Waals surface area (Å²) < 4.78 is 0. The van der Waals surface area contributed by atoms with Gasteiger partial charge < -0.3 is 5.32 Å². The van der Waals surface area contributed by atoms with E-state index in [4.69, 9.17) is 0 Å². The summed E-state index contributed by atoms with van der Waals surface area (Å²) in [4.78, 5) is 15.0. The fourth-order valence-corrected chi connectivity index (χ4v) is 1.04. The Kier molecular flexibility index (Phi) is 3.96. The third-order valence-corrected chi connectivity index (χ3v) is 1.67. The van der Waals surface area contributed by atoms with Crippen molar-refractivity contribution in [2.75, 3.05) is 0 Å². The van der Waals surface area contributed by atoms with E-state index in [9.17, 15) is 4.79 Å². The molecule has 1 aromatic rings. The maximum absolute atomic E-state index is 11.1. The van der Waals surface area contributed by atoms with E-state index < -0.39 is 0 Å². The van der Waals surface area contributed by atoms with Crippen LogP contribution in [0.15, 0.2) is 24.5 Å². The topological polar surface area (TPSA) is 42.0 Å². The largest absolute Gasteiger partial charge is 0.352 e. The smallest absolute Gasteiger partial charge is 0.220 e. The van der Waals surface area contributed by atoms with Crippen molar-refractivity contribution in [1.29, 1.82) is 0 Å². The van der Waals surface area contributed by atoms with E-state index in [1.54, 1.807) is 25.9 Å². The summed E-state index contributed by atoms with van der Waals surface area (Å²) >= 11 is 0. The highest BCUT2D eigenvalue weighted by atomic mass is 16.1. The molecule has 1 heterocycles. The van der Waals surface area contributed by atoms with Crippen molar-refractivity contribution in [1.82, 2.24) is 10.3 Å². The van der Waals surface area contributed by atoms with Crippen LogP contribution in [0, 0.1) is 6.54 Å². The number of carbonyl (C=O) groups excluding carboxylic acids is 1. The van der Waals surface area contributed by atoms with E-state index in [1.807, 2.05) is 12.1 Å². The summed E-state index contributed by atoms with van der Waals surface area (Å²) in [6.45, 7) is 3.44. The first-order chi connectivity index (χ1) is 6.33. The summed E-state index contributed by atoms with van der Waals surface area (Å²) in [6, 6.07) is 3.84. The molecule has 3 heteroatoms. The molecule has 3 nitrogen and oxygen atoms in total. The van der Waals surface area contributed by atoms with Gasteiger partial charge in [0.25, 0.3) is 0 Å². The molecule has 69 valence electrons. The maximum Gasteiger partial charge on any atom is 0.220 e. The number of aryl methyl sites for hydroxylation is 1. The summed E-state index contributed by atoms with van der Waals surface area (Å²) in [5.41, 5.74) is 1.09. The SMILES string of the molecule is C[CH]NC(=O)CCc1cccnc1. The monoisotopic (exact) mass is 177 g/mol. The fourth-order valence-electron chi connectivity index (χ4n) is 1.04. The van der Waals surface area contributed by atoms with E-state index in [1.165, 1.54) is 0 Å². The van der Waals surface area contributed by atoms with Gasteiger partial charge in [0.15, 0.2) is 0 Å². The molecule has 1 amide bonds. The highest BCUT2D eigenvalue weighted by Gasteiger charge is 1.99. The molecule has 13 heavy (non-hydrogen) atoms. The van der Waals surface area contributed by atoms with Crippen LogP contribution in [0.4, 0.5) is 0 Å². The average Bonchev–Trinajstić information content (AvgIpc) is 2.17. The predicted molar refractivity (Wildman–Crippen MR) is 50.7 cm³/mol. The van der Waals surface area contributed by atoms with Crippen LogP contribution in [0.5, 0.6) is 0 Å². The Bertz CT molecular complexity index is 259. The van der Waals surface area contributed by atoms with Crippen LogP contribution < -0.4 is 5.32 Å². The second-order valence-corrected chi connectivity index (χ2v) is 2.72. The zero-order valence-corrected chi connectivity index (χ0v) is 7.66. The normalized spacial score (nSPS) is 9.62. The molecule has 0 saturated carbocycles. The van der Waals surface area contributed by atoms with Gasteiger partial charge in [0.2, 0.25) is 5.91 Å². The molecule has 0 unspecified atom stereocenters. The number of rotatable bonds is 4. The molecule has 1 aromatic heterocycles. The highest BCUT2D eigenvalue weighted by Crippen LogP contribution is 1.99. The fraction of sp³-hybridized carbons (Fsp3) is 0.300. The minimum atomic E-state index is 0.0475. The maximum atomic E-state index is 11.1. The van der Waals surface area contributed by atoms with E-state index in [0.717, 1.165) is 12.0 Å². The van der Waals surface area contributed by atoms with Gasteiger partial charge in [-0.25, -0.2) is 0 Å². The van der Waals surface area contributed by atoms with Gasteiger partial charge in [0, 0.05) is 25.4 Å². The molecule has 0 saturated heterocycles. The van der Waals surface area contributed by atoms with Crippen LogP contribution in [0.1, 0.15) is 18.9 Å². The van der Waals surface area contributed by atoms with Crippen molar-refractivity contribution in [2.45, 2.75) is 19.8 Å². The summed E-state index contributed by atoms with van der Waals surface area (Å²) in [7, 11) is 0. The van der Waals surface area contributed by atoms with E-state index >= 15 is 0 Å². The quantitative estimate of drug-likeness (QED) is 0.753. The molecule has 1 rings (SSSR count). The first kappa shape index (κ1) is 9.71. The lowest BCUT2D eigenvalue weighted by atomic mass is 10.1. The number of hydrogen-bond donors (Lipinski definition) is 1. The van der Waals surface area contributed by atoms with E-state index in [-0.39, 0.29) is 5.91 Å². The molecule has 1 radical (unpaired) electrons. The van der Waals surface area contributed by atoms with Crippen LogP contribution in [-0.2, 0) is 11.2 Å². The third-order valence-electron chi connectivity index (χ3n) is 1.67. The summed E-state index contributed by atoms with van der Waals surface area (Å²) in [5, 5.41) is 2.63. The Morgan fingerprint density at radius 2 is 2.54 bits per heavy atom. The average molecular weight is 177 g/mol. The molecule has 0 bridgehead atoms. The molecule has 0 spiro atoms. The third kappa shape index (κ3) is 3.69. The standard InChI is InChI=1S/C10H13N2O/c1-2-12-10(13)6-5-9-4-3-7-11-8-9/h2-4,7-8H,5-6H2,1H3,(H,12,13). The van der Waals surface area contributed by atoms with Crippen molar-refractivity contribution in [3.8, 4) is 0 Å². The Balaban J connectivity index is 2.31. The Morgan fingerprint density at radius 1 is 1.69 bits per heavy atom. The zero-order chi connectivity index (χ0) is 9.52. The van der Waals surface area contributed by atoms with Crippen LogP contribution in [0.2, 0.25) is 0 Å². The van der Waals surface area contributed by atoms with Crippen molar-refractivity contribution in [3.63, 3.8) is 0 Å². The first-order valence-corrected chi connectivity index (χ1v) is 4.29. The molecular formula is C10H13N2O. The zero-order valence-electron chi connectivity index (χ0n) is 7.66. The minimum Gasteiger partial charge on any atom is -0.352 e. The van der Waals surface area contributed by atoms with E-state index in [0.29, 0.717) is 6.42 Å². The Morgan fingerprint density at radius 3 is 3.15 bits per heavy atom. The van der Waals surface area contributed by atoms with Gasteiger partial charge in [0.05, 0.1) is 0 Å². The van der Waals surface area contributed by atoms with Crippen molar-refractivity contribution in [2.24, 2.45) is 0 Å². The molecule has 1 N–H and O–H groups in total. The second kappa shape index (κ2) is 5.30. The van der Waals surface area contributed by atoms with Gasteiger partial charge >= 0.3 is 0 Å². The van der Waals surface area contributed by atoms with Gasteiger partial charge in [-0.2, -0.15) is 0 Å². The predicted octanol–water partition coefficient (Wildman–Crippen LogP) is 1.31. The number of pyridine rings is 1. The van der Waals surface area contributed by atoms with Gasteiger partial charge in [-0.3, -0.25) is 9.78 Å². The van der Waals surface area contributed by atoms with Crippen LogP contribution in [0.25, 0.3) is 0 Å². The van der Waals surface area contributed by atoms with Crippen LogP contribution in [0.3, 0.4) is 0 Å². The van der Waals surface area contributed by atoms with Crippen LogP contribution in [-0.4, -0.2) is 10.9 Å². The lowest BCUT2D eigenvalue weighted by molar-refractivity contribution is -0.120. The lowest BCUT2D eigenvalue weighted by Gasteiger charge is -2.00. The molecule has 0 aliphatic carbocycles. The van der Waals surface area contributed by atoms with Crippen LogP contribution >= 0.6 is 0 Å². The number of nitrogens with one attached hydrogen (secondary N) is 1. The number of hydrogen-bond acceptors (Lipinski definition) is 2. The summed E-state index contributed by atoms with van der Waals surface area (Å²) in [6.07, 6.45) is 4.76. The van der Waals surface area contributed by atoms with Gasteiger partial charge in [-0.1, -0.05) is 6.07 Å². The minimum absolute atomic E-state index is 0.0475. The van der Waals surface area contributed by atoms with Crippen molar-refractivity contribution >= 4 is 5.91 Å². The van der Waals surface area contributed by atoms with Gasteiger partial charge in [-0.15, -0.1) is 0 Å². The first-order valence-electron chi connectivity index (χ1n) is 4.29. The molecule has 0 fully saturated rings. The van der Waals surface area contributed by atoms with Crippen molar-refractivity contribution < 1.29 is 4.79 Å². The number of aromatic nitrogens is 1. The second-order valence-electron chi connectivity index (χ2n) is 2.72. The number of carbonyl (C=O) groups is 1. The van der Waals surface area contributed by atoms with Crippen molar-refractivity contribution in [3.05, 3.63) is 36.6 Å². The highest BCUT2D eigenvalue weighted by molar-refractivity contribution is 5.76. The number of amides is 1. The Hall–Kier alpha value is -1.38. The number of nitrogens with zero attached hydrogens (tertiary/aromatic N) is 1. The molecular weight excluding hydrogens is 164 g/mol. The molecule has 0 aromatic carbocycles. The molecule has 0 aliphatic heterocycles. The van der Waals surface area contributed by atoms with E-state index in [2.05, 4.69) is 10.3 Å². The Labute approximate surface area is 78.2 Å². The molecule has 0 aliphatic rings. The summed E-state index contributed by atoms with van der Waals surface area (Å²) in [5.74, 6) is 0.0475. The lowest BCUT2D eigenvalue weighted by Crippen LogP contribution is -2.19. The molecule has 0 atom stereocenters.